The van der Waals surface area contributed by atoms with Crippen LogP contribution in [-0.2, 0) is 4.79 Å². The van der Waals surface area contributed by atoms with Crippen molar-refractivity contribution >= 4 is 5.91 Å². The summed E-state index contributed by atoms with van der Waals surface area (Å²) in [5.41, 5.74) is 0.105. The molecule has 0 aromatic heterocycles. The van der Waals surface area contributed by atoms with E-state index in [-0.39, 0.29) is 5.54 Å². The molecule has 1 atom stereocenters. The molecule has 2 fully saturated rings. The lowest BCUT2D eigenvalue weighted by Gasteiger charge is -2.45. The number of nitrogens with zero attached hydrogens (tertiary/aromatic N) is 2. The Bertz CT molecular complexity index is 297. The quantitative estimate of drug-likeness (QED) is 0.799. The summed E-state index contributed by atoms with van der Waals surface area (Å²) in [6.07, 6.45) is 4.36. The summed E-state index contributed by atoms with van der Waals surface area (Å²) < 4.78 is 0. The van der Waals surface area contributed by atoms with Gasteiger partial charge < -0.3 is 10.2 Å². The summed E-state index contributed by atoms with van der Waals surface area (Å²) in [4.78, 5) is 16.7. The van der Waals surface area contributed by atoms with E-state index in [1.165, 1.54) is 12.8 Å². The summed E-state index contributed by atoms with van der Waals surface area (Å²) in [6.45, 7) is 8.22. The molecule has 1 amide bonds. The number of likely N-dealkylation sites (N-methyl/N-ethyl adjacent to an activating group) is 1. The highest BCUT2D eigenvalue weighted by Gasteiger charge is 2.33. The minimum absolute atomic E-state index is 0.105. The van der Waals surface area contributed by atoms with Crippen molar-refractivity contribution in [2.45, 2.75) is 51.1 Å². The molecule has 2 heterocycles. The smallest absolute Gasteiger partial charge is 0.224 e. The van der Waals surface area contributed by atoms with Gasteiger partial charge in [-0.05, 0) is 40.3 Å². The van der Waals surface area contributed by atoms with Crippen LogP contribution in [0.5, 0.6) is 0 Å². The summed E-state index contributed by atoms with van der Waals surface area (Å²) >= 11 is 0. The molecule has 0 spiro atoms. The van der Waals surface area contributed by atoms with Gasteiger partial charge in [-0.1, -0.05) is 6.42 Å². The molecule has 0 bridgehead atoms. The molecule has 2 rings (SSSR count). The maximum atomic E-state index is 12.3. The second kappa shape index (κ2) is 5.57. The molecule has 0 radical (unpaired) electrons. The van der Waals surface area contributed by atoms with Gasteiger partial charge in [-0.3, -0.25) is 9.69 Å². The van der Waals surface area contributed by atoms with E-state index < -0.39 is 0 Å². The third-order valence-electron chi connectivity index (χ3n) is 4.50. The molecule has 2 saturated heterocycles. The second-order valence-corrected chi connectivity index (χ2v) is 6.40. The van der Waals surface area contributed by atoms with E-state index in [0.29, 0.717) is 18.4 Å². The fourth-order valence-electron chi connectivity index (χ4n) is 2.89. The van der Waals surface area contributed by atoms with Crippen LogP contribution in [0.15, 0.2) is 0 Å². The van der Waals surface area contributed by atoms with E-state index in [2.05, 4.69) is 36.0 Å². The lowest BCUT2D eigenvalue weighted by atomic mass is 9.97. The summed E-state index contributed by atoms with van der Waals surface area (Å²) in [5.74, 6) is 0.329. The van der Waals surface area contributed by atoms with Crippen LogP contribution in [0, 0.1) is 0 Å². The maximum absolute atomic E-state index is 12.3. The largest absolute Gasteiger partial charge is 0.340 e. The predicted octanol–water partition coefficient (Wildman–Crippen LogP) is 1.07. The van der Waals surface area contributed by atoms with Crippen molar-refractivity contribution in [2.24, 2.45) is 0 Å². The van der Waals surface area contributed by atoms with Crippen molar-refractivity contribution in [3.63, 3.8) is 0 Å². The van der Waals surface area contributed by atoms with Gasteiger partial charge in [0.15, 0.2) is 0 Å². The highest BCUT2D eigenvalue weighted by molar-refractivity contribution is 5.77. The molecular formula is C14H27N3O. The van der Waals surface area contributed by atoms with Crippen LogP contribution in [0.25, 0.3) is 0 Å². The van der Waals surface area contributed by atoms with Gasteiger partial charge in [-0.15, -0.1) is 0 Å². The lowest BCUT2D eigenvalue weighted by molar-refractivity contribution is -0.136. The zero-order chi connectivity index (χ0) is 13.2. The molecule has 0 aliphatic carbocycles. The summed E-state index contributed by atoms with van der Waals surface area (Å²) in [5, 5.41) is 3.46. The molecule has 0 saturated carbocycles. The van der Waals surface area contributed by atoms with Crippen molar-refractivity contribution in [3.05, 3.63) is 0 Å². The van der Waals surface area contributed by atoms with Crippen LogP contribution in [0.2, 0.25) is 0 Å². The van der Waals surface area contributed by atoms with Crippen LogP contribution >= 0.6 is 0 Å². The van der Waals surface area contributed by atoms with Gasteiger partial charge >= 0.3 is 0 Å². The molecule has 104 valence electrons. The minimum Gasteiger partial charge on any atom is -0.340 e. The molecule has 4 heteroatoms. The van der Waals surface area contributed by atoms with Gasteiger partial charge in [0.05, 0.1) is 0 Å². The van der Waals surface area contributed by atoms with Gasteiger partial charge in [-0.2, -0.15) is 0 Å². The highest BCUT2D eigenvalue weighted by atomic mass is 16.2. The Morgan fingerprint density at radius 1 is 1.33 bits per heavy atom. The van der Waals surface area contributed by atoms with Gasteiger partial charge in [0.1, 0.15) is 0 Å². The van der Waals surface area contributed by atoms with E-state index >= 15 is 0 Å². The third kappa shape index (κ3) is 3.23. The van der Waals surface area contributed by atoms with Gasteiger partial charge in [-0.25, -0.2) is 0 Å². The summed E-state index contributed by atoms with van der Waals surface area (Å²) in [7, 11) is 2.14. The zero-order valence-corrected chi connectivity index (χ0v) is 12.0. The first kappa shape index (κ1) is 13.8. The molecule has 1 N–H and O–H groups in total. The van der Waals surface area contributed by atoms with Gasteiger partial charge in [0.25, 0.3) is 0 Å². The Morgan fingerprint density at radius 3 is 2.72 bits per heavy atom. The molecule has 0 aromatic rings. The standard InChI is InChI=1S/C14H27N3O/c1-14(2)11-17(9-8-16(14)3)13(18)10-12-6-4-5-7-15-12/h12,15H,4-11H2,1-3H3. The van der Waals surface area contributed by atoms with Crippen molar-refractivity contribution in [1.29, 1.82) is 0 Å². The number of piperidine rings is 1. The number of hydrogen-bond donors (Lipinski definition) is 1. The minimum atomic E-state index is 0.105. The Morgan fingerprint density at radius 2 is 2.11 bits per heavy atom. The average molecular weight is 253 g/mol. The molecule has 2 aliphatic rings. The Hall–Kier alpha value is -0.610. The van der Waals surface area contributed by atoms with E-state index in [0.717, 1.165) is 32.6 Å². The Labute approximate surface area is 111 Å². The third-order valence-corrected chi connectivity index (χ3v) is 4.50. The van der Waals surface area contributed by atoms with Gasteiger partial charge in [0, 0.05) is 37.6 Å². The zero-order valence-electron chi connectivity index (χ0n) is 12.0. The van der Waals surface area contributed by atoms with Crippen LogP contribution in [0.4, 0.5) is 0 Å². The monoisotopic (exact) mass is 253 g/mol. The first-order valence-electron chi connectivity index (χ1n) is 7.21. The fraction of sp³-hybridized carbons (Fsp3) is 0.929. The summed E-state index contributed by atoms with van der Waals surface area (Å²) in [6, 6.07) is 0.411. The maximum Gasteiger partial charge on any atom is 0.224 e. The van der Waals surface area contributed by atoms with Gasteiger partial charge in [0.2, 0.25) is 5.91 Å². The lowest BCUT2D eigenvalue weighted by Crippen LogP contribution is -2.59. The molecule has 4 nitrogen and oxygen atoms in total. The number of carbonyl (C=O) groups is 1. The Balaban J connectivity index is 1.85. The highest BCUT2D eigenvalue weighted by Crippen LogP contribution is 2.20. The predicted molar refractivity (Wildman–Crippen MR) is 73.5 cm³/mol. The SMILES string of the molecule is CN1CCN(C(=O)CC2CCCCN2)CC1(C)C. The molecule has 18 heavy (non-hydrogen) atoms. The van der Waals surface area contributed by atoms with Crippen LogP contribution in [-0.4, -0.2) is 60.5 Å². The van der Waals surface area contributed by atoms with Crippen molar-refractivity contribution in [3.8, 4) is 0 Å². The number of hydrogen-bond acceptors (Lipinski definition) is 3. The number of carbonyl (C=O) groups excluding carboxylic acids is 1. The van der Waals surface area contributed by atoms with E-state index in [1.54, 1.807) is 0 Å². The van der Waals surface area contributed by atoms with Crippen LogP contribution < -0.4 is 5.32 Å². The van der Waals surface area contributed by atoms with E-state index in [9.17, 15) is 4.79 Å². The van der Waals surface area contributed by atoms with Crippen LogP contribution in [0.3, 0.4) is 0 Å². The number of rotatable bonds is 2. The van der Waals surface area contributed by atoms with Crippen LogP contribution in [0.1, 0.15) is 39.5 Å². The first-order valence-corrected chi connectivity index (χ1v) is 7.21. The molecular weight excluding hydrogens is 226 g/mol. The first-order chi connectivity index (χ1) is 8.49. The van der Waals surface area contributed by atoms with E-state index in [1.807, 2.05) is 0 Å². The molecule has 1 unspecified atom stereocenters. The molecule has 0 aromatic carbocycles. The second-order valence-electron chi connectivity index (χ2n) is 6.40. The van der Waals surface area contributed by atoms with Crippen molar-refractivity contribution < 1.29 is 4.79 Å². The van der Waals surface area contributed by atoms with Crippen molar-refractivity contribution in [2.75, 3.05) is 33.2 Å². The normalized spacial score (nSPS) is 29.3. The molecule has 2 aliphatic heterocycles. The Kier molecular flexibility index (Phi) is 4.28. The van der Waals surface area contributed by atoms with Crippen molar-refractivity contribution in [1.82, 2.24) is 15.1 Å². The number of amides is 1. The number of piperazine rings is 1. The van der Waals surface area contributed by atoms with E-state index in [4.69, 9.17) is 0 Å². The average Bonchev–Trinajstić information content (AvgIpc) is 2.34. The topological polar surface area (TPSA) is 35.6 Å². The number of nitrogens with one attached hydrogen (secondary N) is 1. The fourth-order valence-corrected chi connectivity index (χ4v) is 2.89.